The largest absolute Gasteiger partial charge is 0.328 e. The summed E-state index contributed by atoms with van der Waals surface area (Å²) in [5.74, 6) is 0.456. The highest BCUT2D eigenvalue weighted by Crippen LogP contribution is 2.13. The third kappa shape index (κ3) is 2.20. The smallest absolute Gasteiger partial charge is 0.231 e. The van der Waals surface area contributed by atoms with E-state index < -0.39 is 0 Å². The summed E-state index contributed by atoms with van der Waals surface area (Å²) in [6.45, 7) is 4.89. The van der Waals surface area contributed by atoms with Gasteiger partial charge in [0.1, 0.15) is 0 Å². The van der Waals surface area contributed by atoms with Crippen LogP contribution in [-0.2, 0) is 20.0 Å². The number of imidazole rings is 1. The second kappa shape index (κ2) is 5.16. The van der Waals surface area contributed by atoms with E-state index in [0.717, 1.165) is 25.1 Å². The maximum absolute atomic E-state index is 12.5. The highest BCUT2D eigenvalue weighted by atomic mass is 16.1. The molecule has 0 aliphatic rings. The first-order chi connectivity index (χ1) is 8.67. The predicted molar refractivity (Wildman–Crippen MR) is 68.5 cm³/mol. The molecule has 96 valence electrons. The molecule has 18 heavy (non-hydrogen) atoms. The van der Waals surface area contributed by atoms with Crippen molar-refractivity contribution in [1.82, 2.24) is 19.3 Å². The maximum Gasteiger partial charge on any atom is 0.231 e. The van der Waals surface area contributed by atoms with Crippen LogP contribution in [0.2, 0.25) is 0 Å². The molecule has 2 heterocycles. The van der Waals surface area contributed by atoms with Gasteiger partial charge >= 0.3 is 0 Å². The van der Waals surface area contributed by atoms with Crippen molar-refractivity contribution in [1.29, 1.82) is 0 Å². The van der Waals surface area contributed by atoms with Crippen LogP contribution in [0, 0.1) is 0 Å². The van der Waals surface area contributed by atoms with E-state index >= 15 is 0 Å². The molecule has 5 heteroatoms. The van der Waals surface area contributed by atoms with Crippen molar-refractivity contribution in [3.63, 3.8) is 0 Å². The summed E-state index contributed by atoms with van der Waals surface area (Å²) in [4.78, 5) is 16.6. The standard InChI is InChI=1S/C13H18N4O/c1-4-7-17-8-6-14-13(17)12(18)10-9-16(3)15-11(10)5-2/h6,8-9H,4-5,7H2,1-3H3. The van der Waals surface area contributed by atoms with Crippen molar-refractivity contribution >= 4 is 5.78 Å². The van der Waals surface area contributed by atoms with E-state index in [2.05, 4.69) is 17.0 Å². The summed E-state index contributed by atoms with van der Waals surface area (Å²) in [6.07, 6.45) is 7.01. The SMILES string of the molecule is CCCn1ccnc1C(=O)c1cn(C)nc1CC. The minimum atomic E-state index is -0.0431. The van der Waals surface area contributed by atoms with Crippen LogP contribution >= 0.6 is 0 Å². The topological polar surface area (TPSA) is 52.7 Å². The Morgan fingerprint density at radius 1 is 1.39 bits per heavy atom. The van der Waals surface area contributed by atoms with Crippen LogP contribution in [0.1, 0.15) is 42.1 Å². The van der Waals surface area contributed by atoms with E-state index in [1.807, 2.05) is 24.7 Å². The first-order valence-corrected chi connectivity index (χ1v) is 6.25. The molecule has 0 amide bonds. The summed E-state index contributed by atoms with van der Waals surface area (Å²) in [5.41, 5.74) is 1.48. The molecule has 0 unspecified atom stereocenters. The molecule has 5 nitrogen and oxygen atoms in total. The van der Waals surface area contributed by atoms with Crippen molar-refractivity contribution < 1.29 is 4.79 Å². The highest BCUT2D eigenvalue weighted by Gasteiger charge is 2.20. The van der Waals surface area contributed by atoms with Gasteiger partial charge in [-0.15, -0.1) is 0 Å². The molecule has 0 N–H and O–H groups in total. The number of hydrogen-bond donors (Lipinski definition) is 0. The molecule has 0 aliphatic heterocycles. The number of carbonyl (C=O) groups excluding carboxylic acids is 1. The summed E-state index contributed by atoms with van der Waals surface area (Å²) < 4.78 is 3.58. The van der Waals surface area contributed by atoms with Crippen LogP contribution in [0.5, 0.6) is 0 Å². The van der Waals surface area contributed by atoms with Gasteiger partial charge in [0.05, 0.1) is 11.3 Å². The van der Waals surface area contributed by atoms with Crippen LogP contribution < -0.4 is 0 Å². The summed E-state index contributed by atoms with van der Waals surface area (Å²) in [6, 6.07) is 0. The third-order valence-corrected chi connectivity index (χ3v) is 2.87. The van der Waals surface area contributed by atoms with Gasteiger partial charge in [0.2, 0.25) is 5.78 Å². The Morgan fingerprint density at radius 3 is 2.83 bits per heavy atom. The minimum Gasteiger partial charge on any atom is -0.328 e. The van der Waals surface area contributed by atoms with Crippen molar-refractivity contribution in [2.24, 2.45) is 7.05 Å². The molecule has 2 rings (SSSR count). The first kappa shape index (κ1) is 12.5. The Kier molecular flexibility index (Phi) is 3.60. The van der Waals surface area contributed by atoms with Gasteiger partial charge in [-0.25, -0.2) is 4.98 Å². The van der Waals surface area contributed by atoms with Gasteiger partial charge in [-0.1, -0.05) is 13.8 Å². The van der Waals surface area contributed by atoms with E-state index in [9.17, 15) is 4.79 Å². The number of hydrogen-bond acceptors (Lipinski definition) is 3. The summed E-state index contributed by atoms with van der Waals surface area (Å²) >= 11 is 0. The van der Waals surface area contributed by atoms with E-state index in [1.165, 1.54) is 0 Å². The molecule has 0 radical (unpaired) electrons. The van der Waals surface area contributed by atoms with E-state index in [-0.39, 0.29) is 5.78 Å². The molecular formula is C13H18N4O. The number of aryl methyl sites for hydroxylation is 3. The lowest BCUT2D eigenvalue weighted by molar-refractivity contribution is 0.102. The second-order valence-corrected chi connectivity index (χ2v) is 4.29. The fourth-order valence-electron chi connectivity index (χ4n) is 2.05. The Bertz CT molecular complexity index is 553. The van der Waals surface area contributed by atoms with Crippen LogP contribution in [0.3, 0.4) is 0 Å². The Hall–Kier alpha value is -1.91. The quantitative estimate of drug-likeness (QED) is 0.756. The second-order valence-electron chi connectivity index (χ2n) is 4.29. The normalized spacial score (nSPS) is 10.8. The summed E-state index contributed by atoms with van der Waals surface area (Å²) in [7, 11) is 1.83. The van der Waals surface area contributed by atoms with Crippen LogP contribution in [0.15, 0.2) is 18.6 Å². The van der Waals surface area contributed by atoms with Gasteiger partial charge < -0.3 is 4.57 Å². The average molecular weight is 246 g/mol. The number of carbonyl (C=O) groups is 1. The van der Waals surface area contributed by atoms with Crippen molar-refractivity contribution in [3.05, 3.63) is 35.7 Å². The minimum absolute atomic E-state index is 0.0431. The zero-order valence-corrected chi connectivity index (χ0v) is 11.1. The zero-order chi connectivity index (χ0) is 13.1. The van der Waals surface area contributed by atoms with E-state index in [0.29, 0.717) is 11.4 Å². The zero-order valence-electron chi connectivity index (χ0n) is 11.1. The van der Waals surface area contributed by atoms with Gasteiger partial charge in [0.15, 0.2) is 5.82 Å². The van der Waals surface area contributed by atoms with Gasteiger partial charge in [-0.05, 0) is 12.8 Å². The molecule has 0 saturated carbocycles. The Balaban J connectivity index is 2.38. The van der Waals surface area contributed by atoms with Gasteiger partial charge in [-0.3, -0.25) is 9.48 Å². The fourth-order valence-corrected chi connectivity index (χ4v) is 2.05. The molecule has 0 bridgehead atoms. The molecule has 2 aromatic rings. The average Bonchev–Trinajstić information content (AvgIpc) is 2.95. The van der Waals surface area contributed by atoms with Crippen molar-refractivity contribution in [2.45, 2.75) is 33.2 Å². The van der Waals surface area contributed by atoms with Crippen molar-refractivity contribution in [2.75, 3.05) is 0 Å². The number of nitrogens with zero attached hydrogens (tertiary/aromatic N) is 4. The first-order valence-electron chi connectivity index (χ1n) is 6.25. The third-order valence-electron chi connectivity index (χ3n) is 2.87. The number of rotatable bonds is 5. The number of aromatic nitrogens is 4. The van der Waals surface area contributed by atoms with Gasteiger partial charge in [0.25, 0.3) is 0 Å². The predicted octanol–water partition coefficient (Wildman–Crippen LogP) is 1.82. The van der Waals surface area contributed by atoms with E-state index in [1.54, 1.807) is 17.1 Å². The lowest BCUT2D eigenvalue weighted by Gasteiger charge is -2.04. The molecular weight excluding hydrogens is 228 g/mol. The van der Waals surface area contributed by atoms with Crippen LogP contribution in [-0.4, -0.2) is 25.1 Å². The van der Waals surface area contributed by atoms with Crippen molar-refractivity contribution in [3.8, 4) is 0 Å². The molecule has 0 saturated heterocycles. The molecule has 0 spiro atoms. The lowest BCUT2D eigenvalue weighted by Crippen LogP contribution is -2.12. The molecule has 0 aromatic carbocycles. The maximum atomic E-state index is 12.5. The lowest BCUT2D eigenvalue weighted by atomic mass is 10.1. The Labute approximate surface area is 106 Å². The monoisotopic (exact) mass is 246 g/mol. The molecule has 0 atom stereocenters. The highest BCUT2D eigenvalue weighted by molar-refractivity contribution is 6.07. The van der Waals surface area contributed by atoms with Crippen LogP contribution in [0.25, 0.3) is 0 Å². The number of ketones is 1. The van der Waals surface area contributed by atoms with Crippen LogP contribution in [0.4, 0.5) is 0 Å². The molecule has 0 aliphatic carbocycles. The van der Waals surface area contributed by atoms with Gasteiger partial charge in [-0.2, -0.15) is 5.10 Å². The van der Waals surface area contributed by atoms with Gasteiger partial charge in [0, 0.05) is 32.2 Å². The fraction of sp³-hybridized carbons (Fsp3) is 0.462. The Morgan fingerprint density at radius 2 is 2.17 bits per heavy atom. The molecule has 2 aromatic heterocycles. The van der Waals surface area contributed by atoms with E-state index in [4.69, 9.17) is 0 Å². The summed E-state index contributed by atoms with van der Waals surface area (Å²) in [5, 5.41) is 4.29. The molecule has 0 fully saturated rings.